The molecule has 0 spiro atoms. The van der Waals surface area contributed by atoms with Crippen LogP contribution in [0.5, 0.6) is 0 Å². The lowest BCUT2D eigenvalue weighted by atomic mass is 9.82. The van der Waals surface area contributed by atoms with Gasteiger partial charge in [0.15, 0.2) is 0 Å². The summed E-state index contributed by atoms with van der Waals surface area (Å²) in [6.07, 6.45) is 9.69. The Balaban J connectivity index is 1.55. The van der Waals surface area contributed by atoms with Gasteiger partial charge in [0.25, 0.3) is 5.91 Å². The zero-order valence-electron chi connectivity index (χ0n) is 28.0. The van der Waals surface area contributed by atoms with Crippen molar-refractivity contribution >= 4 is 40.6 Å². The smallest absolute Gasteiger partial charge is 0.315 e. The van der Waals surface area contributed by atoms with Gasteiger partial charge in [0.1, 0.15) is 12.1 Å². The van der Waals surface area contributed by atoms with Gasteiger partial charge in [0.05, 0.1) is 11.6 Å². The van der Waals surface area contributed by atoms with E-state index in [-0.39, 0.29) is 34.8 Å². The molecule has 2 unspecified atom stereocenters. The predicted octanol–water partition coefficient (Wildman–Crippen LogP) is 2.68. The summed E-state index contributed by atoms with van der Waals surface area (Å²) < 4.78 is 23.4. The largest absolute Gasteiger partial charge is 0.772 e. The standard InChI is InChI=1S/C33H55N5O7S/c1-5-13-23(27(39)29(41)34-18-6-2)35-28(40)26-24-22(32(24,3)4)19-38(26)30(42)25(21-14-9-7-10-15-21)36-31(43)37-33(20-46(44)45)16-11-8-12-17-33/h21-26H,5-20H2,1-4H3,(H,34,41)(H,35,40)(H,44,45)(H2,36,37,43)/p-1/t22-,23?,24-,25-,26-/m0/s1. The summed E-state index contributed by atoms with van der Waals surface area (Å²) in [5, 5.41) is 11.3. The van der Waals surface area contributed by atoms with E-state index in [1.165, 1.54) is 0 Å². The molecular formula is C33H54N5O7S-. The number of carbonyl (C=O) groups is 5. The van der Waals surface area contributed by atoms with Crippen LogP contribution in [0.3, 0.4) is 0 Å². The number of ketones is 1. The lowest BCUT2D eigenvalue weighted by Gasteiger charge is -2.40. The fraction of sp³-hybridized carbons (Fsp3) is 0.848. The Morgan fingerprint density at radius 1 is 0.935 bits per heavy atom. The zero-order valence-corrected chi connectivity index (χ0v) is 28.8. The van der Waals surface area contributed by atoms with Crippen molar-refractivity contribution in [2.24, 2.45) is 23.2 Å². The summed E-state index contributed by atoms with van der Waals surface area (Å²) in [6, 6.07) is -3.26. The Morgan fingerprint density at radius 2 is 1.59 bits per heavy atom. The minimum Gasteiger partial charge on any atom is -0.772 e. The van der Waals surface area contributed by atoms with Gasteiger partial charge in [-0.3, -0.25) is 23.4 Å². The topological polar surface area (TPSA) is 177 Å². The van der Waals surface area contributed by atoms with Crippen LogP contribution in [0.25, 0.3) is 0 Å². The molecule has 13 heteroatoms. The van der Waals surface area contributed by atoms with Crippen LogP contribution in [0.2, 0.25) is 0 Å². The summed E-state index contributed by atoms with van der Waals surface area (Å²) >= 11 is -2.34. The van der Waals surface area contributed by atoms with Crippen LogP contribution in [0.15, 0.2) is 0 Å². The highest BCUT2D eigenvalue weighted by Gasteiger charge is 2.69. The SMILES string of the molecule is CCCNC(=O)C(=O)C(CCC)NC(=O)[C@@H]1[C@@H]2[C@H](CN1C(=O)[C@@H](NC(=O)NC1(CS(=O)[O-])CCCCC1)C1CCCCC1)C2(C)C. The molecule has 0 aromatic heterocycles. The first-order valence-corrected chi connectivity index (χ1v) is 18.7. The number of Topliss-reactive ketones (excluding diaryl/α,β-unsaturated/α-hetero) is 1. The molecule has 3 saturated carbocycles. The molecule has 260 valence electrons. The molecule has 4 rings (SSSR count). The Bertz CT molecular complexity index is 1170. The zero-order chi connectivity index (χ0) is 33.6. The fourth-order valence-electron chi connectivity index (χ4n) is 8.32. The van der Waals surface area contributed by atoms with Crippen LogP contribution in [0.1, 0.15) is 111 Å². The Morgan fingerprint density at radius 3 is 2.20 bits per heavy atom. The second kappa shape index (κ2) is 15.6. The third-order valence-electron chi connectivity index (χ3n) is 11.0. The number of rotatable bonds is 14. The maximum Gasteiger partial charge on any atom is 0.315 e. The minimum atomic E-state index is -2.34. The molecule has 0 aromatic rings. The maximum absolute atomic E-state index is 14.5. The van der Waals surface area contributed by atoms with Gasteiger partial charge in [-0.1, -0.05) is 83.7 Å². The monoisotopic (exact) mass is 664 g/mol. The summed E-state index contributed by atoms with van der Waals surface area (Å²) in [5.41, 5.74) is -1.05. The summed E-state index contributed by atoms with van der Waals surface area (Å²) in [6.45, 7) is 8.64. The number of hydrogen-bond acceptors (Lipinski definition) is 7. The molecule has 1 heterocycles. The molecule has 4 N–H and O–H groups in total. The molecule has 12 nitrogen and oxygen atoms in total. The van der Waals surface area contributed by atoms with E-state index in [0.29, 0.717) is 45.2 Å². The van der Waals surface area contributed by atoms with E-state index in [0.717, 1.165) is 51.4 Å². The first-order chi connectivity index (χ1) is 21.8. The maximum atomic E-state index is 14.5. The second-order valence-electron chi connectivity index (χ2n) is 14.6. The van der Waals surface area contributed by atoms with Crippen LogP contribution in [-0.4, -0.2) is 85.7 Å². The lowest BCUT2D eigenvalue weighted by Crippen LogP contribution is -2.62. The van der Waals surface area contributed by atoms with Crippen LogP contribution in [-0.2, 0) is 30.3 Å². The fourth-order valence-corrected chi connectivity index (χ4v) is 9.13. The first kappa shape index (κ1) is 36.3. The molecule has 1 aliphatic heterocycles. The quantitative estimate of drug-likeness (QED) is 0.163. The molecule has 4 aliphatic rings. The Hall–Kier alpha value is -2.54. The summed E-state index contributed by atoms with van der Waals surface area (Å²) in [7, 11) is 0. The Labute approximate surface area is 276 Å². The van der Waals surface area contributed by atoms with E-state index in [2.05, 4.69) is 35.1 Å². The van der Waals surface area contributed by atoms with Gasteiger partial charge < -0.3 is 30.7 Å². The van der Waals surface area contributed by atoms with Crippen molar-refractivity contribution < 1.29 is 32.7 Å². The molecular weight excluding hydrogens is 610 g/mol. The van der Waals surface area contributed by atoms with Crippen molar-refractivity contribution in [3.63, 3.8) is 0 Å². The van der Waals surface area contributed by atoms with Crippen molar-refractivity contribution in [1.82, 2.24) is 26.2 Å². The molecule has 0 radical (unpaired) electrons. The third kappa shape index (κ3) is 8.29. The van der Waals surface area contributed by atoms with Crippen LogP contribution in [0, 0.1) is 23.2 Å². The van der Waals surface area contributed by atoms with Crippen LogP contribution >= 0.6 is 0 Å². The molecule has 6 atom stereocenters. The van der Waals surface area contributed by atoms with E-state index in [9.17, 15) is 32.7 Å². The highest BCUT2D eigenvalue weighted by Crippen LogP contribution is 2.65. The van der Waals surface area contributed by atoms with E-state index in [4.69, 9.17) is 0 Å². The van der Waals surface area contributed by atoms with E-state index in [1.807, 2.05) is 13.8 Å². The molecule has 5 amide bonds. The first-order valence-electron chi connectivity index (χ1n) is 17.4. The van der Waals surface area contributed by atoms with Gasteiger partial charge in [-0.05, 0) is 61.7 Å². The van der Waals surface area contributed by atoms with E-state index >= 15 is 0 Å². The van der Waals surface area contributed by atoms with Crippen LogP contribution in [0.4, 0.5) is 4.79 Å². The average Bonchev–Trinajstić information content (AvgIpc) is 3.33. The van der Waals surface area contributed by atoms with E-state index < -0.39 is 58.4 Å². The number of urea groups is 1. The molecule has 0 aromatic carbocycles. The van der Waals surface area contributed by atoms with Crippen molar-refractivity contribution in [1.29, 1.82) is 0 Å². The molecule has 4 fully saturated rings. The number of nitrogens with zero attached hydrogens (tertiary/aromatic N) is 1. The van der Waals surface area contributed by atoms with Crippen molar-refractivity contribution in [2.45, 2.75) is 135 Å². The number of piperidine rings is 1. The number of amides is 5. The van der Waals surface area contributed by atoms with Gasteiger partial charge in [-0.2, -0.15) is 0 Å². The summed E-state index contributed by atoms with van der Waals surface area (Å²) in [5.74, 6) is -2.51. The van der Waals surface area contributed by atoms with Gasteiger partial charge in [0, 0.05) is 18.8 Å². The van der Waals surface area contributed by atoms with Gasteiger partial charge in [-0.25, -0.2) is 4.79 Å². The lowest BCUT2D eigenvalue weighted by molar-refractivity contribution is -0.144. The number of fused-ring (bicyclic) bond motifs is 1. The number of nitrogens with one attached hydrogen (secondary N) is 4. The molecule has 0 bridgehead atoms. The van der Waals surface area contributed by atoms with Crippen molar-refractivity contribution in [2.75, 3.05) is 18.8 Å². The number of carbonyl (C=O) groups excluding carboxylic acids is 5. The highest BCUT2D eigenvalue weighted by molar-refractivity contribution is 7.79. The average molecular weight is 665 g/mol. The number of likely N-dealkylation sites (tertiary alicyclic amines) is 1. The van der Waals surface area contributed by atoms with Gasteiger partial charge >= 0.3 is 6.03 Å². The van der Waals surface area contributed by atoms with Gasteiger partial charge in [-0.15, -0.1) is 0 Å². The Kier molecular flexibility index (Phi) is 12.3. The third-order valence-corrected chi connectivity index (χ3v) is 11.8. The molecule has 46 heavy (non-hydrogen) atoms. The van der Waals surface area contributed by atoms with Gasteiger partial charge in [0.2, 0.25) is 17.6 Å². The molecule has 1 saturated heterocycles. The predicted molar refractivity (Wildman–Crippen MR) is 173 cm³/mol. The normalized spacial score (nSPS) is 27.0. The van der Waals surface area contributed by atoms with Crippen molar-refractivity contribution in [3.8, 4) is 0 Å². The molecule has 3 aliphatic carbocycles. The number of hydrogen-bond donors (Lipinski definition) is 4. The minimum absolute atomic E-state index is 0.0961. The highest BCUT2D eigenvalue weighted by atomic mass is 32.2. The van der Waals surface area contributed by atoms with E-state index in [1.54, 1.807) is 4.90 Å². The van der Waals surface area contributed by atoms with Crippen molar-refractivity contribution in [3.05, 3.63) is 0 Å². The second-order valence-corrected chi connectivity index (χ2v) is 15.5. The summed E-state index contributed by atoms with van der Waals surface area (Å²) in [4.78, 5) is 69.1. The van der Waals surface area contributed by atoms with Crippen LogP contribution < -0.4 is 21.3 Å².